The summed E-state index contributed by atoms with van der Waals surface area (Å²) in [5, 5.41) is 6.13. The highest BCUT2D eigenvalue weighted by atomic mass is 35.5. The smallest absolute Gasteiger partial charge is 0.319 e. The van der Waals surface area contributed by atoms with Crippen LogP contribution in [0, 0.1) is 0 Å². The number of sulfone groups is 1. The topological polar surface area (TPSA) is 117 Å². The minimum atomic E-state index is -3.74. The van der Waals surface area contributed by atoms with E-state index in [2.05, 4.69) is 22.5 Å². The van der Waals surface area contributed by atoms with E-state index in [1.807, 2.05) is 37.2 Å². The highest BCUT2D eigenvalue weighted by Crippen LogP contribution is 2.55. The highest BCUT2D eigenvalue weighted by Gasteiger charge is 2.58. The van der Waals surface area contributed by atoms with E-state index in [0.717, 1.165) is 6.54 Å². The van der Waals surface area contributed by atoms with E-state index in [9.17, 15) is 13.2 Å². The summed E-state index contributed by atoms with van der Waals surface area (Å²) in [5.74, 6) is 1.09. The molecule has 1 saturated heterocycles. The summed E-state index contributed by atoms with van der Waals surface area (Å²) in [4.78, 5) is 26.3. The highest BCUT2D eigenvalue weighted by molar-refractivity contribution is 7.92. The Morgan fingerprint density at radius 1 is 1.12 bits per heavy atom. The third-order valence-corrected chi connectivity index (χ3v) is 10.2. The van der Waals surface area contributed by atoms with Gasteiger partial charge < -0.3 is 25.2 Å². The van der Waals surface area contributed by atoms with Crippen LogP contribution in [-0.4, -0.2) is 82.3 Å². The van der Waals surface area contributed by atoms with Crippen LogP contribution >= 0.6 is 11.6 Å². The van der Waals surface area contributed by atoms with Gasteiger partial charge >= 0.3 is 6.03 Å². The number of benzene rings is 2. The summed E-state index contributed by atoms with van der Waals surface area (Å²) in [5.41, 5.74) is 1.82. The fraction of sp³-hybridized carbons (Fsp3) is 0.414. The lowest BCUT2D eigenvalue weighted by atomic mass is 10.1. The van der Waals surface area contributed by atoms with Crippen LogP contribution in [0.25, 0.3) is 11.4 Å². The van der Waals surface area contributed by atoms with Gasteiger partial charge in [0.25, 0.3) is 0 Å². The lowest BCUT2D eigenvalue weighted by Gasteiger charge is -2.34. The van der Waals surface area contributed by atoms with Crippen molar-refractivity contribution in [3.8, 4) is 11.4 Å². The second-order valence-electron chi connectivity index (χ2n) is 10.8. The molecule has 2 N–H and O–H groups in total. The molecule has 218 valence electrons. The average Bonchev–Trinajstić information content (AvgIpc) is 3.77. The van der Waals surface area contributed by atoms with Gasteiger partial charge in [-0.3, -0.25) is 0 Å². The van der Waals surface area contributed by atoms with Gasteiger partial charge in [0.1, 0.15) is 10.6 Å². The number of ether oxygens (including phenoxy) is 1. The van der Waals surface area contributed by atoms with E-state index in [1.165, 1.54) is 0 Å². The Balaban J connectivity index is 1.47. The van der Waals surface area contributed by atoms with E-state index in [4.69, 9.17) is 26.3 Å². The van der Waals surface area contributed by atoms with E-state index in [1.54, 1.807) is 36.4 Å². The monoisotopic (exact) mass is 598 g/mol. The molecule has 5 rings (SSSR count). The van der Waals surface area contributed by atoms with Crippen molar-refractivity contribution >= 4 is 39.0 Å². The molecule has 0 bridgehead atoms. The second-order valence-corrected chi connectivity index (χ2v) is 13.5. The molecule has 0 radical (unpaired) electrons. The van der Waals surface area contributed by atoms with Gasteiger partial charge in [0, 0.05) is 42.0 Å². The molecule has 3 aromatic rings. The molecular formula is C29H35ClN6O4S. The number of amides is 2. The number of urea groups is 1. The second kappa shape index (κ2) is 11.9. The van der Waals surface area contributed by atoms with Gasteiger partial charge in [-0.1, -0.05) is 11.6 Å². The van der Waals surface area contributed by atoms with Crippen LogP contribution in [0.1, 0.15) is 25.5 Å². The Labute approximate surface area is 246 Å². The summed E-state index contributed by atoms with van der Waals surface area (Å²) in [6.07, 6.45) is 0.941. The van der Waals surface area contributed by atoms with E-state index in [-0.39, 0.29) is 17.0 Å². The van der Waals surface area contributed by atoms with Gasteiger partial charge in [0.2, 0.25) is 0 Å². The quantitative estimate of drug-likeness (QED) is 0.377. The van der Waals surface area contributed by atoms with Crippen molar-refractivity contribution in [2.75, 3.05) is 57.2 Å². The molecule has 12 heteroatoms. The van der Waals surface area contributed by atoms with Crippen molar-refractivity contribution in [1.82, 2.24) is 20.2 Å². The predicted molar refractivity (Wildman–Crippen MR) is 160 cm³/mol. The first-order valence-electron chi connectivity index (χ1n) is 13.6. The predicted octanol–water partition coefficient (Wildman–Crippen LogP) is 4.17. The Bertz CT molecular complexity index is 1490. The van der Waals surface area contributed by atoms with E-state index >= 15 is 0 Å². The van der Waals surface area contributed by atoms with Crippen molar-refractivity contribution in [1.29, 1.82) is 0 Å². The summed E-state index contributed by atoms with van der Waals surface area (Å²) >= 11 is 6.03. The molecule has 1 atom stereocenters. The molecule has 2 aromatic carbocycles. The van der Waals surface area contributed by atoms with Gasteiger partial charge in [-0.2, -0.15) is 0 Å². The number of nitrogens with zero attached hydrogens (tertiary/aromatic N) is 4. The third kappa shape index (κ3) is 6.33. The molecule has 1 aliphatic heterocycles. The fourth-order valence-corrected chi connectivity index (χ4v) is 6.99. The molecule has 1 saturated carbocycles. The van der Waals surface area contributed by atoms with E-state index < -0.39 is 14.6 Å². The van der Waals surface area contributed by atoms with Gasteiger partial charge in [0.15, 0.2) is 15.7 Å². The molecule has 41 heavy (non-hydrogen) atoms. The number of morpholine rings is 1. The number of hydrogen-bond acceptors (Lipinski definition) is 8. The molecule has 2 fully saturated rings. The van der Waals surface area contributed by atoms with Crippen molar-refractivity contribution in [2.24, 2.45) is 0 Å². The summed E-state index contributed by atoms with van der Waals surface area (Å²) in [6.45, 7) is 5.08. The Morgan fingerprint density at radius 2 is 1.83 bits per heavy atom. The number of likely N-dealkylation sites (N-methyl/N-ethyl adjacent to an activating group) is 1. The molecule has 10 nitrogen and oxygen atoms in total. The van der Waals surface area contributed by atoms with Crippen LogP contribution in [-0.2, 0) is 19.3 Å². The number of anilines is 2. The largest absolute Gasteiger partial charge is 0.377 e. The molecule has 2 aliphatic rings. The Morgan fingerprint density at radius 3 is 2.46 bits per heavy atom. The zero-order chi connectivity index (χ0) is 29.2. The lowest BCUT2D eigenvalue weighted by molar-refractivity contribution is 0.0985. The number of aromatic nitrogens is 2. The first-order valence-corrected chi connectivity index (χ1v) is 15.5. The first kappa shape index (κ1) is 29.2. The minimum Gasteiger partial charge on any atom is -0.377 e. The maximum absolute atomic E-state index is 13.9. The van der Waals surface area contributed by atoms with Gasteiger partial charge in [-0.25, -0.2) is 23.2 Å². The van der Waals surface area contributed by atoms with Crippen LogP contribution in [0.3, 0.4) is 0 Å². The summed E-state index contributed by atoms with van der Waals surface area (Å²) in [7, 11) is 0.146. The van der Waals surface area contributed by atoms with Crippen LogP contribution in [0.4, 0.5) is 16.3 Å². The maximum atomic E-state index is 13.9. The third-order valence-electron chi connectivity index (χ3n) is 7.43. The molecule has 2 heterocycles. The SMILES string of the molecule is C[C@H]1COCCN1c1cc(C2(S(=O)(=O)c3ccc(Cl)cc3)CC2)nc(-c2ccc(NC(=O)NCCN(C)C)cc2)n1. The minimum absolute atomic E-state index is 0.0694. The molecule has 0 spiro atoms. The van der Waals surface area contributed by atoms with Crippen molar-refractivity contribution < 1.29 is 17.9 Å². The molecular weight excluding hydrogens is 564 g/mol. The molecule has 0 unspecified atom stereocenters. The summed E-state index contributed by atoms with van der Waals surface area (Å²) in [6, 6.07) is 15.1. The van der Waals surface area contributed by atoms with Crippen LogP contribution < -0.4 is 15.5 Å². The van der Waals surface area contributed by atoms with Gasteiger partial charge in [-0.05, 0) is 82.4 Å². The zero-order valence-corrected chi connectivity index (χ0v) is 25.0. The van der Waals surface area contributed by atoms with Gasteiger partial charge in [0.05, 0.1) is 29.8 Å². The number of hydrogen-bond donors (Lipinski definition) is 2. The summed E-state index contributed by atoms with van der Waals surface area (Å²) < 4.78 is 32.3. The van der Waals surface area contributed by atoms with Crippen LogP contribution in [0.15, 0.2) is 59.5 Å². The number of rotatable bonds is 9. The standard InChI is InChI=1S/C29H35ClN6O4S/c1-20-19-40-17-16-36(20)26-18-25(29(12-13-29)41(38,39)24-10-6-22(30)7-11-24)33-27(34-26)21-4-8-23(9-5-21)32-28(37)31-14-15-35(2)3/h4-11,18,20H,12-17,19H2,1-3H3,(H2,31,32,37)/t20-/m0/s1. The molecule has 1 aromatic heterocycles. The average molecular weight is 599 g/mol. The van der Waals surface area contributed by atoms with Crippen LogP contribution in [0.5, 0.6) is 0 Å². The number of halogens is 1. The van der Waals surface area contributed by atoms with E-state index in [0.29, 0.717) is 72.8 Å². The molecule has 1 aliphatic carbocycles. The Kier molecular flexibility index (Phi) is 8.51. The van der Waals surface area contributed by atoms with Crippen LogP contribution in [0.2, 0.25) is 5.02 Å². The first-order chi connectivity index (χ1) is 19.6. The van der Waals surface area contributed by atoms with Crippen molar-refractivity contribution in [3.63, 3.8) is 0 Å². The molecule has 2 amide bonds. The normalized spacial score (nSPS) is 18.3. The number of nitrogens with one attached hydrogen (secondary N) is 2. The van der Waals surface area contributed by atoms with Gasteiger partial charge in [-0.15, -0.1) is 0 Å². The van der Waals surface area contributed by atoms with Crippen molar-refractivity contribution in [2.45, 2.75) is 35.4 Å². The lowest BCUT2D eigenvalue weighted by Crippen LogP contribution is -2.44. The van der Waals surface area contributed by atoms with Crippen molar-refractivity contribution in [3.05, 3.63) is 65.3 Å². The fourth-order valence-electron chi connectivity index (χ4n) is 4.90. The number of carbonyl (C=O) groups is 1. The maximum Gasteiger partial charge on any atom is 0.319 e. The number of carbonyl (C=O) groups excluding carboxylic acids is 1. The zero-order valence-electron chi connectivity index (χ0n) is 23.4. The Hall–Kier alpha value is -3.25.